The number of nitrogens with zero attached hydrogens (tertiary/aromatic N) is 2. The van der Waals surface area contributed by atoms with Gasteiger partial charge in [-0.3, -0.25) is 0 Å². The van der Waals surface area contributed by atoms with Crippen molar-refractivity contribution >= 4 is 38.7 Å². The van der Waals surface area contributed by atoms with Crippen LogP contribution in [-0.2, 0) is 0 Å². The summed E-state index contributed by atoms with van der Waals surface area (Å²) in [6, 6.07) is 4.05. The van der Waals surface area contributed by atoms with Crippen LogP contribution in [0.1, 0.15) is 16.9 Å². The molecule has 2 N–H and O–H groups in total. The molecule has 4 nitrogen and oxygen atoms in total. The second-order valence-electron chi connectivity index (χ2n) is 4.84. The first-order valence-electron chi connectivity index (χ1n) is 6.87. The van der Waals surface area contributed by atoms with Crippen molar-refractivity contribution in [3.05, 3.63) is 28.0 Å². The molecule has 0 aliphatic carbocycles. The van der Waals surface area contributed by atoms with E-state index in [2.05, 4.69) is 19.2 Å². The third-order valence-corrected chi connectivity index (χ3v) is 5.36. The summed E-state index contributed by atoms with van der Waals surface area (Å²) in [7, 11) is 0. The summed E-state index contributed by atoms with van der Waals surface area (Å²) in [6.45, 7) is 5.12. The minimum Gasteiger partial charge on any atom is -0.396 e. The third kappa shape index (κ3) is 2.79. The first-order valence-corrected chi connectivity index (χ1v) is 8.56. The van der Waals surface area contributed by atoms with Gasteiger partial charge < -0.3 is 10.4 Å². The molecule has 3 heterocycles. The Kier molecular flexibility index (Phi) is 4.19. The van der Waals surface area contributed by atoms with E-state index in [4.69, 9.17) is 15.1 Å². The van der Waals surface area contributed by atoms with Crippen LogP contribution in [0.2, 0.25) is 0 Å². The molecule has 0 aliphatic heterocycles. The van der Waals surface area contributed by atoms with E-state index in [1.54, 1.807) is 22.7 Å². The number of aryl methyl sites for hydroxylation is 2. The van der Waals surface area contributed by atoms with E-state index in [0.29, 0.717) is 13.0 Å². The number of hydrogen-bond acceptors (Lipinski definition) is 6. The summed E-state index contributed by atoms with van der Waals surface area (Å²) >= 11 is 3.35. The number of fused-ring (bicyclic) bond motifs is 1. The Labute approximate surface area is 131 Å². The van der Waals surface area contributed by atoms with Gasteiger partial charge in [0.1, 0.15) is 10.6 Å². The third-order valence-electron chi connectivity index (χ3n) is 3.40. The van der Waals surface area contributed by atoms with E-state index < -0.39 is 0 Å². The van der Waals surface area contributed by atoms with Crippen LogP contribution in [0.5, 0.6) is 0 Å². The molecule has 0 radical (unpaired) electrons. The predicted molar refractivity (Wildman–Crippen MR) is 90.4 cm³/mol. The highest BCUT2D eigenvalue weighted by molar-refractivity contribution is 7.19. The lowest BCUT2D eigenvalue weighted by Crippen LogP contribution is -2.06. The summed E-state index contributed by atoms with van der Waals surface area (Å²) in [5.41, 5.74) is 1.24. The number of aliphatic hydroxyl groups is 1. The smallest absolute Gasteiger partial charge is 0.173 e. The average molecular weight is 319 g/mol. The molecule has 0 saturated carbocycles. The van der Waals surface area contributed by atoms with Crippen LogP contribution in [-0.4, -0.2) is 28.2 Å². The molecule has 21 heavy (non-hydrogen) atoms. The minimum atomic E-state index is 0.181. The Hall–Kier alpha value is -1.50. The van der Waals surface area contributed by atoms with Gasteiger partial charge in [0.25, 0.3) is 0 Å². The number of aliphatic hydroxyl groups excluding tert-OH is 1. The van der Waals surface area contributed by atoms with E-state index >= 15 is 0 Å². The highest BCUT2D eigenvalue weighted by Crippen LogP contribution is 2.35. The lowest BCUT2D eigenvalue weighted by Gasteiger charge is -2.08. The summed E-state index contributed by atoms with van der Waals surface area (Å²) in [5, 5.41) is 15.4. The van der Waals surface area contributed by atoms with Crippen LogP contribution in [0, 0.1) is 13.8 Å². The fourth-order valence-electron chi connectivity index (χ4n) is 2.18. The second kappa shape index (κ2) is 6.09. The zero-order valence-corrected chi connectivity index (χ0v) is 13.6. The van der Waals surface area contributed by atoms with Crippen LogP contribution in [0.25, 0.3) is 20.9 Å². The lowest BCUT2D eigenvalue weighted by atomic mass is 10.2. The molecule has 110 valence electrons. The van der Waals surface area contributed by atoms with Crippen molar-refractivity contribution < 1.29 is 5.11 Å². The summed E-state index contributed by atoms with van der Waals surface area (Å²) < 4.78 is 0. The molecule has 3 aromatic rings. The molecule has 0 unspecified atom stereocenters. The van der Waals surface area contributed by atoms with E-state index in [1.807, 2.05) is 17.5 Å². The van der Waals surface area contributed by atoms with E-state index in [-0.39, 0.29) is 6.61 Å². The monoisotopic (exact) mass is 319 g/mol. The Morgan fingerprint density at radius 2 is 2.14 bits per heavy atom. The number of hydrogen-bond donors (Lipinski definition) is 2. The normalized spacial score (nSPS) is 11.2. The quantitative estimate of drug-likeness (QED) is 0.702. The number of nitrogens with one attached hydrogen (secondary N) is 1. The molecule has 0 atom stereocenters. The van der Waals surface area contributed by atoms with Crippen molar-refractivity contribution in [3.8, 4) is 10.7 Å². The highest BCUT2D eigenvalue weighted by atomic mass is 32.1. The van der Waals surface area contributed by atoms with E-state index in [9.17, 15) is 0 Å². The van der Waals surface area contributed by atoms with Crippen molar-refractivity contribution in [2.45, 2.75) is 20.3 Å². The van der Waals surface area contributed by atoms with Gasteiger partial charge in [-0.2, -0.15) is 0 Å². The maximum Gasteiger partial charge on any atom is 0.173 e. The zero-order chi connectivity index (χ0) is 14.8. The predicted octanol–water partition coefficient (Wildman–Crippen LogP) is 3.83. The summed E-state index contributed by atoms with van der Waals surface area (Å²) in [4.78, 5) is 12.8. The van der Waals surface area contributed by atoms with Crippen molar-refractivity contribution in [3.63, 3.8) is 0 Å². The number of anilines is 1. The molecule has 3 rings (SSSR count). The molecule has 0 bridgehead atoms. The van der Waals surface area contributed by atoms with Crippen molar-refractivity contribution in [1.29, 1.82) is 0 Å². The topological polar surface area (TPSA) is 58.0 Å². The molecular weight excluding hydrogens is 302 g/mol. The van der Waals surface area contributed by atoms with Gasteiger partial charge in [-0.1, -0.05) is 6.07 Å². The van der Waals surface area contributed by atoms with Gasteiger partial charge >= 0.3 is 0 Å². The standard InChI is InChI=1S/C15H17N3OS2/c1-9-10(2)21-15-12(9)14(16-6-4-7-19)17-13(18-15)11-5-3-8-20-11/h3,5,8,19H,4,6-7H2,1-2H3,(H,16,17,18). The van der Waals surface area contributed by atoms with Gasteiger partial charge in [0.15, 0.2) is 5.82 Å². The fourth-order valence-corrected chi connectivity index (χ4v) is 3.87. The Balaban J connectivity index is 2.11. The molecule has 0 aromatic carbocycles. The summed E-state index contributed by atoms with van der Waals surface area (Å²) in [6.07, 6.45) is 0.710. The molecule has 0 saturated heterocycles. The van der Waals surface area contributed by atoms with Crippen LogP contribution in [0.15, 0.2) is 17.5 Å². The van der Waals surface area contributed by atoms with Crippen molar-refractivity contribution in [2.24, 2.45) is 0 Å². The first kappa shape index (κ1) is 14.4. The van der Waals surface area contributed by atoms with Crippen molar-refractivity contribution in [1.82, 2.24) is 9.97 Å². The van der Waals surface area contributed by atoms with Gasteiger partial charge in [-0.25, -0.2) is 9.97 Å². The number of aromatic nitrogens is 2. The van der Waals surface area contributed by atoms with Crippen LogP contribution >= 0.6 is 22.7 Å². The Bertz CT molecular complexity index is 750. The fraction of sp³-hybridized carbons (Fsp3) is 0.333. The van der Waals surface area contributed by atoms with Crippen LogP contribution in [0.4, 0.5) is 5.82 Å². The molecule has 0 spiro atoms. The maximum atomic E-state index is 8.95. The van der Waals surface area contributed by atoms with E-state index in [1.165, 1.54) is 10.4 Å². The van der Waals surface area contributed by atoms with Gasteiger partial charge in [0.2, 0.25) is 0 Å². The number of rotatable bonds is 5. The second-order valence-corrected chi connectivity index (χ2v) is 6.99. The molecule has 0 aliphatic rings. The van der Waals surface area contributed by atoms with Crippen LogP contribution in [0.3, 0.4) is 0 Å². The van der Waals surface area contributed by atoms with E-state index in [0.717, 1.165) is 26.7 Å². The highest BCUT2D eigenvalue weighted by Gasteiger charge is 2.15. The van der Waals surface area contributed by atoms with Crippen molar-refractivity contribution in [2.75, 3.05) is 18.5 Å². The molecular formula is C15H17N3OS2. The SMILES string of the molecule is Cc1sc2nc(-c3cccs3)nc(NCCCO)c2c1C. The zero-order valence-electron chi connectivity index (χ0n) is 12.0. The summed E-state index contributed by atoms with van der Waals surface area (Å²) in [5.74, 6) is 1.64. The Morgan fingerprint density at radius 1 is 1.29 bits per heavy atom. The minimum absolute atomic E-state index is 0.181. The average Bonchev–Trinajstić information content (AvgIpc) is 3.09. The van der Waals surface area contributed by atoms with Gasteiger partial charge in [0, 0.05) is 18.0 Å². The maximum absolute atomic E-state index is 8.95. The largest absolute Gasteiger partial charge is 0.396 e. The molecule has 0 amide bonds. The van der Waals surface area contributed by atoms with Gasteiger partial charge in [-0.15, -0.1) is 22.7 Å². The molecule has 6 heteroatoms. The van der Waals surface area contributed by atoms with Gasteiger partial charge in [0.05, 0.1) is 10.3 Å². The molecule has 0 fully saturated rings. The first-order chi connectivity index (χ1) is 10.2. The van der Waals surface area contributed by atoms with Crippen LogP contribution < -0.4 is 5.32 Å². The Morgan fingerprint density at radius 3 is 2.86 bits per heavy atom. The molecule has 3 aromatic heterocycles. The lowest BCUT2D eigenvalue weighted by molar-refractivity contribution is 0.292. The number of thiophene rings is 2. The van der Waals surface area contributed by atoms with Gasteiger partial charge in [-0.05, 0) is 37.3 Å².